The monoisotopic (exact) mass is 407 g/mol. The number of nitrogens with one attached hydrogen (secondary N) is 2. The first-order chi connectivity index (χ1) is 14.5. The van der Waals surface area contributed by atoms with Gasteiger partial charge in [0.15, 0.2) is 0 Å². The number of hydrogen-bond acceptors (Lipinski definition) is 3. The van der Waals surface area contributed by atoms with E-state index in [0.29, 0.717) is 24.3 Å². The summed E-state index contributed by atoms with van der Waals surface area (Å²) in [4.78, 5) is 38.5. The van der Waals surface area contributed by atoms with Crippen molar-refractivity contribution in [2.75, 3.05) is 18.4 Å². The second kappa shape index (κ2) is 10.1. The van der Waals surface area contributed by atoms with E-state index in [1.165, 1.54) is 6.92 Å². The van der Waals surface area contributed by atoms with Crippen LogP contribution < -0.4 is 10.6 Å². The number of likely N-dealkylation sites (tertiary alicyclic amines) is 1. The van der Waals surface area contributed by atoms with Gasteiger partial charge in [-0.25, -0.2) is 0 Å². The third kappa shape index (κ3) is 5.47. The molecular weight excluding hydrogens is 378 g/mol. The van der Waals surface area contributed by atoms with Crippen LogP contribution in [0.4, 0.5) is 5.69 Å². The first kappa shape index (κ1) is 21.6. The van der Waals surface area contributed by atoms with Crippen molar-refractivity contribution in [2.24, 2.45) is 0 Å². The molecule has 0 radical (unpaired) electrons. The standard InChI is InChI=1S/C24H29N3O3/c1-3-22(18-7-5-4-6-8-18)24(30)27-15-13-21(14-16-27)26-23(29)19-9-11-20(12-10-19)25-17(2)28/h4-12,21-22H,3,13-16H2,1-2H3,(H,25,28)(H,26,29). The molecule has 30 heavy (non-hydrogen) atoms. The quantitative estimate of drug-likeness (QED) is 0.769. The zero-order valence-electron chi connectivity index (χ0n) is 17.6. The molecule has 1 aliphatic rings. The normalized spacial score (nSPS) is 15.3. The van der Waals surface area contributed by atoms with Gasteiger partial charge in [-0.05, 0) is 49.1 Å². The Morgan fingerprint density at radius 3 is 2.20 bits per heavy atom. The second-order valence-electron chi connectivity index (χ2n) is 7.70. The second-order valence-corrected chi connectivity index (χ2v) is 7.70. The number of piperidine rings is 1. The SMILES string of the molecule is CCC(C(=O)N1CCC(NC(=O)c2ccc(NC(C)=O)cc2)CC1)c1ccccc1. The summed E-state index contributed by atoms with van der Waals surface area (Å²) in [6.07, 6.45) is 2.26. The van der Waals surface area contributed by atoms with Crippen molar-refractivity contribution in [3.05, 3.63) is 65.7 Å². The van der Waals surface area contributed by atoms with E-state index in [2.05, 4.69) is 10.6 Å². The zero-order valence-corrected chi connectivity index (χ0v) is 17.6. The van der Waals surface area contributed by atoms with Gasteiger partial charge in [0, 0.05) is 37.3 Å². The van der Waals surface area contributed by atoms with Crippen molar-refractivity contribution in [3.63, 3.8) is 0 Å². The van der Waals surface area contributed by atoms with Crippen molar-refractivity contribution in [3.8, 4) is 0 Å². The maximum absolute atomic E-state index is 13.0. The van der Waals surface area contributed by atoms with Crippen LogP contribution in [0.1, 0.15) is 54.9 Å². The molecule has 3 rings (SSSR count). The maximum atomic E-state index is 13.0. The van der Waals surface area contributed by atoms with Crippen molar-refractivity contribution in [2.45, 2.75) is 45.1 Å². The van der Waals surface area contributed by atoms with Crippen LogP contribution in [0.2, 0.25) is 0 Å². The molecule has 1 fully saturated rings. The Balaban J connectivity index is 1.52. The highest BCUT2D eigenvalue weighted by molar-refractivity contribution is 5.95. The molecule has 0 bridgehead atoms. The van der Waals surface area contributed by atoms with Crippen LogP contribution in [-0.4, -0.2) is 41.8 Å². The van der Waals surface area contributed by atoms with Gasteiger partial charge in [-0.3, -0.25) is 14.4 Å². The van der Waals surface area contributed by atoms with Crippen LogP contribution in [0, 0.1) is 0 Å². The summed E-state index contributed by atoms with van der Waals surface area (Å²) in [6, 6.07) is 16.8. The molecule has 2 aromatic rings. The van der Waals surface area contributed by atoms with Gasteiger partial charge in [-0.2, -0.15) is 0 Å². The van der Waals surface area contributed by atoms with Gasteiger partial charge in [0.05, 0.1) is 5.92 Å². The molecule has 1 saturated heterocycles. The fourth-order valence-corrected chi connectivity index (χ4v) is 3.88. The Hall–Kier alpha value is -3.15. The molecule has 0 spiro atoms. The van der Waals surface area contributed by atoms with Gasteiger partial charge < -0.3 is 15.5 Å². The van der Waals surface area contributed by atoms with Crippen LogP contribution in [0.3, 0.4) is 0 Å². The molecule has 2 N–H and O–H groups in total. The molecule has 1 unspecified atom stereocenters. The highest BCUT2D eigenvalue weighted by atomic mass is 16.2. The summed E-state index contributed by atoms with van der Waals surface area (Å²) >= 11 is 0. The van der Waals surface area contributed by atoms with Crippen LogP contribution in [0.15, 0.2) is 54.6 Å². The Kier molecular flexibility index (Phi) is 7.22. The molecular formula is C24H29N3O3. The van der Waals surface area contributed by atoms with Gasteiger partial charge in [0.2, 0.25) is 11.8 Å². The van der Waals surface area contributed by atoms with E-state index < -0.39 is 0 Å². The van der Waals surface area contributed by atoms with E-state index in [1.807, 2.05) is 42.2 Å². The average molecular weight is 408 g/mol. The molecule has 1 atom stereocenters. The highest BCUT2D eigenvalue weighted by Crippen LogP contribution is 2.24. The van der Waals surface area contributed by atoms with E-state index in [-0.39, 0.29) is 29.7 Å². The molecule has 0 aliphatic carbocycles. The molecule has 0 aromatic heterocycles. The summed E-state index contributed by atoms with van der Waals surface area (Å²) in [5, 5.41) is 5.75. The van der Waals surface area contributed by atoms with Crippen molar-refractivity contribution in [1.82, 2.24) is 10.2 Å². The molecule has 6 heteroatoms. The Labute approximate surface area is 177 Å². The summed E-state index contributed by atoms with van der Waals surface area (Å²) in [5.74, 6) is -0.225. The first-order valence-electron chi connectivity index (χ1n) is 10.5. The minimum absolute atomic E-state index is 0.0494. The molecule has 0 saturated carbocycles. The first-order valence-corrected chi connectivity index (χ1v) is 10.5. The lowest BCUT2D eigenvalue weighted by atomic mass is 9.93. The number of carbonyl (C=O) groups excluding carboxylic acids is 3. The molecule has 2 aromatic carbocycles. The lowest BCUT2D eigenvalue weighted by molar-refractivity contribution is -0.134. The summed E-state index contributed by atoms with van der Waals surface area (Å²) in [6.45, 7) is 4.78. The van der Waals surface area contributed by atoms with Crippen LogP contribution >= 0.6 is 0 Å². The third-order valence-electron chi connectivity index (χ3n) is 5.52. The number of amides is 3. The number of carbonyl (C=O) groups is 3. The Morgan fingerprint density at radius 1 is 1.00 bits per heavy atom. The van der Waals surface area contributed by atoms with Crippen LogP contribution in [0.25, 0.3) is 0 Å². The van der Waals surface area contributed by atoms with Crippen LogP contribution in [0.5, 0.6) is 0 Å². The van der Waals surface area contributed by atoms with E-state index >= 15 is 0 Å². The lowest BCUT2D eigenvalue weighted by Gasteiger charge is -2.34. The number of anilines is 1. The van der Waals surface area contributed by atoms with Crippen molar-refractivity contribution < 1.29 is 14.4 Å². The van der Waals surface area contributed by atoms with Gasteiger partial charge in [-0.15, -0.1) is 0 Å². The minimum atomic E-state index is -0.147. The largest absolute Gasteiger partial charge is 0.349 e. The van der Waals surface area contributed by atoms with E-state index in [1.54, 1.807) is 24.3 Å². The lowest BCUT2D eigenvalue weighted by Crippen LogP contribution is -2.47. The van der Waals surface area contributed by atoms with Gasteiger partial charge in [-0.1, -0.05) is 37.3 Å². The predicted octanol–water partition coefficient (Wildman–Crippen LogP) is 3.56. The maximum Gasteiger partial charge on any atom is 0.251 e. The van der Waals surface area contributed by atoms with E-state index in [0.717, 1.165) is 24.8 Å². The number of nitrogens with zero attached hydrogens (tertiary/aromatic N) is 1. The Bertz CT molecular complexity index is 872. The van der Waals surface area contributed by atoms with Gasteiger partial charge in [0.25, 0.3) is 5.91 Å². The third-order valence-corrected chi connectivity index (χ3v) is 5.52. The van der Waals surface area contributed by atoms with Crippen molar-refractivity contribution in [1.29, 1.82) is 0 Å². The number of rotatable bonds is 6. The highest BCUT2D eigenvalue weighted by Gasteiger charge is 2.28. The zero-order chi connectivity index (χ0) is 21.5. The van der Waals surface area contributed by atoms with Gasteiger partial charge >= 0.3 is 0 Å². The average Bonchev–Trinajstić information content (AvgIpc) is 2.75. The minimum Gasteiger partial charge on any atom is -0.349 e. The van der Waals surface area contributed by atoms with E-state index in [4.69, 9.17) is 0 Å². The molecule has 1 aliphatic heterocycles. The molecule has 1 heterocycles. The fourth-order valence-electron chi connectivity index (χ4n) is 3.88. The summed E-state index contributed by atoms with van der Waals surface area (Å²) in [5.41, 5.74) is 2.27. The van der Waals surface area contributed by atoms with E-state index in [9.17, 15) is 14.4 Å². The predicted molar refractivity (Wildman–Crippen MR) is 117 cm³/mol. The summed E-state index contributed by atoms with van der Waals surface area (Å²) < 4.78 is 0. The topological polar surface area (TPSA) is 78.5 Å². The fraction of sp³-hybridized carbons (Fsp3) is 0.375. The number of benzene rings is 2. The summed E-state index contributed by atoms with van der Waals surface area (Å²) in [7, 11) is 0. The van der Waals surface area contributed by atoms with Gasteiger partial charge in [0.1, 0.15) is 0 Å². The van der Waals surface area contributed by atoms with Crippen LogP contribution in [-0.2, 0) is 9.59 Å². The molecule has 158 valence electrons. The molecule has 3 amide bonds. The smallest absolute Gasteiger partial charge is 0.251 e. The number of hydrogen-bond donors (Lipinski definition) is 2. The molecule has 6 nitrogen and oxygen atoms in total. The van der Waals surface area contributed by atoms with Crippen molar-refractivity contribution >= 4 is 23.4 Å². The Morgan fingerprint density at radius 2 is 1.63 bits per heavy atom.